The lowest BCUT2D eigenvalue weighted by Gasteiger charge is -2.43. The largest absolute Gasteiger partial charge is 0.497 e. The molecule has 1 saturated heterocycles. The number of likely N-dealkylation sites (tertiary alicyclic amines) is 1. The topological polar surface area (TPSA) is 76.1 Å². The SMILES string of the molecule is COc1ccc(CN2C(=O)[C@H](OC)[C@@H]2C(=O)O)cc1. The molecule has 0 radical (unpaired) electrons. The number of carboxylic acids is 1. The summed E-state index contributed by atoms with van der Waals surface area (Å²) in [5.74, 6) is -0.645. The maximum atomic E-state index is 11.7. The molecular formula is C13H15NO5. The Morgan fingerprint density at radius 2 is 1.95 bits per heavy atom. The van der Waals surface area contributed by atoms with Gasteiger partial charge in [0.05, 0.1) is 7.11 Å². The van der Waals surface area contributed by atoms with E-state index in [1.165, 1.54) is 12.0 Å². The van der Waals surface area contributed by atoms with Gasteiger partial charge in [-0.15, -0.1) is 0 Å². The molecule has 1 aliphatic rings. The van der Waals surface area contributed by atoms with Crippen molar-refractivity contribution in [1.82, 2.24) is 4.90 Å². The second kappa shape index (κ2) is 5.27. The molecule has 2 rings (SSSR count). The van der Waals surface area contributed by atoms with Gasteiger partial charge in [-0.1, -0.05) is 12.1 Å². The number of ether oxygens (including phenoxy) is 2. The summed E-state index contributed by atoms with van der Waals surface area (Å²) in [6.45, 7) is 0.250. The van der Waals surface area contributed by atoms with Crippen molar-refractivity contribution in [3.63, 3.8) is 0 Å². The minimum absolute atomic E-state index is 0.250. The van der Waals surface area contributed by atoms with E-state index in [1.807, 2.05) is 0 Å². The summed E-state index contributed by atoms with van der Waals surface area (Å²) in [5.41, 5.74) is 0.843. The second-order valence-corrected chi connectivity index (χ2v) is 4.25. The van der Waals surface area contributed by atoms with E-state index in [1.54, 1.807) is 31.4 Å². The Balaban J connectivity index is 2.09. The van der Waals surface area contributed by atoms with E-state index < -0.39 is 18.1 Å². The van der Waals surface area contributed by atoms with E-state index in [0.29, 0.717) is 5.75 Å². The first-order valence-electron chi connectivity index (χ1n) is 5.77. The molecule has 0 aromatic heterocycles. The van der Waals surface area contributed by atoms with Gasteiger partial charge in [-0.05, 0) is 17.7 Å². The first-order valence-corrected chi connectivity index (χ1v) is 5.77. The van der Waals surface area contributed by atoms with Crippen LogP contribution in [0.25, 0.3) is 0 Å². The van der Waals surface area contributed by atoms with Crippen LogP contribution in [0.5, 0.6) is 5.75 Å². The molecule has 6 heteroatoms. The van der Waals surface area contributed by atoms with Gasteiger partial charge >= 0.3 is 5.97 Å². The first-order chi connectivity index (χ1) is 9.08. The lowest BCUT2D eigenvalue weighted by molar-refractivity contribution is -0.183. The number of methoxy groups -OCH3 is 2. The molecule has 19 heavy (non-hydrogen) atoms. The van der Waals surface area contributed by atoms with Crippen molar-refractivity contribution in [3.05, 3.63) is 29.8 Å². The fraction of sp³-hybridized carbons (Fsp3) is 0.385. The summed E-state index contributed by atoms with van der Waals surface area (Å²) in [4.78, 5) is 24.1. The normalized spacial score (nSPS) is 22.0. The van der Waals surface area contributed by atoms with Gasteiger partial charge in [-0.2, -0.15) is 0 Å². The number of carbonyl (C=O) groups excluding carboxylic acids is 1. The molecule has 1 N–H and O–H groups in total. The number of carboxylic acid groups (broad SMARTS) is 1. The van der Waals surface area contributed by atoms with Gasteiger partial charge in [0, 0.05) is 13.7 Å². The van der Waals surface area contributed by atoms with Crippen LogP contribution in [0.3, 0.4) is 0 Å². The summed E-state index contributed by atoms with van der Waals surface area (Å²) in [6, 6.07) is 6.21. The molecule has 0 aliphatic carbocycles. The van der Waals surface area contributed by atoms with Crippen molar-refractivity contribution in [2.24, 2.45) is 0 Å². The minimum atomic E-state index is -1.06. The second-order valence-electron chi connectivity index (χ2n) is 4.25. The number of aliphatic carboxylic acids is 1. The Labute approximate surface area is 110 Å². The van der Waals surface area contributed by atoms with Crippen LogP contribution in [0.4, 0.5) is 0 Å². The first kappa shape index (κ1) is 13.4. The minimum Gasteiger partial charge on any atom is -0.497 e. The van der Waals surface area contributed by atoms with E-state index in [0.717, 1.165) is 5.56 Å². The maximum absolute atomic E-state index is 11.7. The van der Waals surface area contributed by atoms with Crippen molar-refractivity contribution >= 4 is 11.9 Å². The standard InChI is InChI=1S/C13H15NO5/c1-18-9-5-3-8(4-6-9)7-14-10(13(16)17)11(19-2)12(14)15/h3-6,10-11H,7H2,1-2H3,(H,16,17)/t10-,11-/m1/s1. The summed E-state index contributed by atoms with van der Waals surface area (Å²) in [7, 11) is 2.90. The molecule has 0 unspecified atom stereocenters. The zero-order valence-corrected chi connectivity index (χ0v) is 10.7. The van der Waals surface area contributed by atoms with Gasteiger partial charge in [-0.25, -0.2) is 4.79 Å². The fourth-order valence-corrected chi connectivity index (χ4v) is 2.11. The molecule has 0 saturated carbocycles. The van der Waals surface area contributed by atoms with Gasteiger partial charge in [0.15, 0.2) is 12.1 Å². The summed E-state index contributed by atoms with van der Waals surface area (Å²) in [5, 5.41) is 9.09. The van der Waals surface area contributed by atoms with Crippen LogP contribution in [0.2, 0.25) is 0 Å². The number of rotatable bonds is 5. The maximum Gasteiger partial charge on any atom is 0.329 e. The number of amides is 1. The van der Waals surface area contributed by atoms with Crippen LogP contribution in [0.1, 0.15) is 5.56 Å². The molecule has 2 atom stereocenters. The van der Waals surface area contributed by atoms with E-state index in [4.69, 9.17) is 14.6 Å². The van der Waals surface area contributed by atoms with E-state index in [-0.39, 0.29) is 12.5 Å². The Morgan fingerprint density at radius 3 is 2.42 bits per heavy atom. The van der Waals surface area contributed by atoms with Crippen LogP contribution in [0, 0.1) is 0 Å². The highest BCUT2D eigenvalue weighted by Crippen LogP contribution is 2.26. The van der Waals surface area contributed by atoms with Crippen LogP contribution >= 0.6 is 0 Å². The lowest BCUT2D eigenvalue weighted by Crippen LogP contribution is -2.67. The number of β-lactam (4-membered cyclic amide) rings is 1. The van der Waals surface area contributed by atoms with Crippen LogP contribution in [0.15, 0.2) is 24.3 Å². The van der Waals surface area contributed by atoms with Crippen molar-refractivity contribution in [2.75, 3.05) is 14.2 Å². The highest BCUT2D eigenvalue weighted by molar-refractivity contribution is 5.98. The van der Waals surface area contributed by atoms with Gasteiger partial charge in [0.1, 0.15) is 5.75 Å². The predicted octanol–water partition coefficient (Wildman–Crippen LogP) is 0.506. The average Bonchev–Trinajstić information content (AvgIpc) is 2.41. The third-order valence-corrected chi connectivity index (χ3v) is 3.17. The van der Waals surface area contributed by atoms with Gasteiger partial charge in [-0.3, -0.25) is 4.79 Å². The van der Waals surface area contributed by atoms with Crippen molar-refractivity contribution in [3.8, 4) is 5.75 Å². The monoisotopic (exact) mass is 265 g/mol. The Kier molecular flexibility index (Phi) is 3.71. The smallest absolute Gasteiger partial charge is 0.329 e. The Morgan fingerprint density at radius 1 is 1.32 bits per heavy atom. The quantitative estimate of drug-likeness (QED) is 0.785. The highest BCUT2D eigenvalue weighted by atomic mass is 16.5. The van der Waals surface area contributed by atoms with Crippen LogP contribution < -0.4 is 4.74 Å². The lowest BCUT2D eigenvalue weighted by atomic mass is 9.97. The van der Waals surface area contributed by atoms with E-state index >= 15 is 0 Å². The summed E-state index contributed by atoms with van der Waals surface area (Å²) < 4.78 is 9.92. The fourth-order valence-electron chi connectivity index (χ4n) is 2.11. The van der Waals surface area contributed by atoms with Crippen molar-refractivity contribution in [1.29, 1.82) is 0 Å². The number of hydrogen-bond acceptors (Lipinski definition) is 4. The number of hydrogen-bond donors (Lipinski definition) is 1. The van der Waals surface area contributed by atoms with Crippen LogP contribution in [-0.2, 0) is 20.9 Å². The molecule has 0 spiro atoms. The Bertz CT molecular complexity index is 484. The van der Waals surface area contributed by atoms with Crippen LogP contribution in [-0.4, -0.2) is 48.2 Å². The van der Waals surface area contributed by atoms with Gasteiger partial charge < -0.3 is 19.5 Å². The predicted molar refractivity (Wildman–Crippen MR) is 65.8 cm³/mol. The molecule has 1 aliphatic heterocycles. The molecule has 1 aromatic carbocycles. The summed E-state index contributed by atoms with van der Waals surface area (Å²) >= 11 is 0. The zero-order chi connectivity index (χ0) is 14.0. The molecule has 1 amide bonds. The molecular weight excluding hydrogens is 250 g/mol. The molecule has 1 fully saturated rings. The van der Waals surface area contributed by atoms with E-state index in [2.05, 4.69) is 0 Å². The third kappa shape index (κ3) is 2.39. The molecule has 1 heterocycles. The third-order valence-electron chi connectivity index (χ3n) is 3.17. The number of carbonyl (C=O) groups is 2. The van der Waals surface area contributed by atoms with E-state index in [9.17, 15) is 9.59 Å². The average molecular weight is 265 g/mol. The number of nitrogens with zero attached hydrogens (tertiary/aromatic N) is 1. The van der Waals surface area contributed by atoms with Crippen molar-refractivity contribution in [2.45, 2.75) is 18.7 Å². The molecule has 6 nitrogen and oxygen atoms in total. The zero-order valence-electron chi connectivity index (χ0n) is 10.7. The highest BCUT2D eigenvalue weighted by Gasteiger charge is 2.52. The Hall–Kier alpha value is -2.08. The summed E-state index contributed by atoms with van der Waals surface area (Å²) in [6.07, 6.45) is -0.879. The molecule has 1 aromatic rings. The van der Waals surface area contributed by atoms with Gasteiger partial charge in [0.2, 0.25) is 0 Å². The van der Waals surface area contributed by atoms with Gasteiger partial charge in [0.25, 0.3) is 5.91 Å². The van der Waals surface area contributed by atoms with Crippen molar-refractivity contribution < 1.29 is 24.2 Å². The molecule has 0 bridgehead atoms. The number of benzene rings is 1. The molecule has 102 valence electrons.